The largest absolute Gasteiger partial charge is 0.393 e. The van der Waals surface area contributed by atoms with E-state index in [-0.39, 0.29) is 34.9 Å². The Labute approximate surface area is 236 Å². The van der Waals surface area contributed by atoms with Crippen molar-refractivity contribution >= 4 is 16.1 Å². The molecule has 0 aliphatic heterocycles. The number of fused-ring (bicyclic) bond motifs is 5. The Morgan fingerprint density at radius 2 is 1.59 bits per heavy atom. The number of carbonyl (C=O) groups is 1. The molecule has 224 valence electrons. The van der Waals surface area contributed by atoms with Gasteiger partial charge < -0.3 is 15.5 Å². The van der Waals surface area contributed by atoms with Crippen molar-refractivity contribution in [3.63, 3.8) is 0 Å². The zero-order valence-electron chi connectivity index (χ0n) is 24.7. The van der Waals surface area contributed by atoms with E-state index in [1.807, 2.05) is 0 Å². The van der Waals surface area contributed by atoms with E-state index in [2.05, 4.69) is 37.7 Å². The van der Waals surface area contributed by atoms with Crippen LogP contribution in [0.1, 0.15) is 111 Å². The van der Waals surface area contributed by atoms with Crippen molar-refractivity contribution in [1.29, 1.82) is 0 Å². The fourth-order valence-corrected chi connectivity index (χ4v) is 12.4. The number of carbonyl (C=O) groups excluding carboxylic acids is 1. The number of sulfonamides is 1. The van der Waals surface area contributed by atoms with Gasteiger partial charge in [0.1, 0.15) is 0 Å². The molecule has 2 amide bonds. The second kappa shape index (κ2) is 11.1. The second-order valence-electron chi connectivity index (χ2n) is 14.7. The monoisotopic (exact) mass is 566 g/mol. The minimum absolute atomic E-state index is 0.115. The molecule has 0 heterocycles. The lowest BCUT2D eigenvalue weighted by Gasteiger charge is -2.64. The summed E-state index contributed by atoms with van der Waals surface area (Å²) in [5.41, 5.74) is 0.307. The van der Waals surface area contributed by atoms with Gasteiger partial charge >= 0.3 is 6.03 Å². The molecule has 7 nitrogen and oxygen atoms in total. The molecule has 0 unspecified atom stereocenters. The van der Waals surface area contributed by atoms with E-state index < -0.39 is 21.3 Å². The summed E-state index contributed by atoms with van der Waals surface area (Å²) in [6, 6.07) is -0.595. The van der Waals surface area contributed by atoms with Crippen LogP contribution in [0.5, 0.6) is 0 Å². The maximum atomic E-state index is 12.7. The summed E-state index contributed by atoms with van der Waals surface area (Å²) in [5, 5.41) is 24.8. The van der Waals surface area contributed by atoms with Crippen LogP contribution in [0, 0.1) is 52.3 Å². The highest BCUT2D eigenvalue weighted by molar-refractivity contribution is 7.90. The first kappa shape index (κ1) is 29.6. The van der Waals surface area contributed by atoms with Gasteiger partial charge in [-0.3, -0.25) is 0 Å². The Morgan fingerprint density at radius 1 is 0.923 bits per heavy atom. The van der Waals surface area contributed by atoms with E-state index in [1.54, 1.807) is 0 Å². The van der Waals surface area contributed by atoms with Crippen LogP contribution in [0.4, 0.5) is 4.79 Å². The fourth-order valence-electron chi connectivity index (χ4n) is 11.0. The number of aliphatic hydroxyl groups excluding tert-OH is 2. The SMILES string of the molecule is CC[C@H]1[C@@H](O)[C@@H]2[C@H](CC[C@]3(C)[C@@H]([C@H](C)CNC(=O)NS(=O)(=O)C4CCCCC4)CC[C@@H]23)[C@@]2(C)CC[C@@H](O)C[C@@H]12. The molecule has 4 N–H and O–H groups in total. The van der Waals surface area contributed by atoms with Crippen LogP contribution in [-0.4, -0.2) is 48.7 Å². The second-order valence-corrected chi connectivity index (χ2v) is 16.7. The maximum Gasteiger partial charge on any atom is 0.328 e. The molecule has 0 spiro atoms. The molecule has 8 heteroatoms. The molecule has 0 bridgehead atoms. The minimum atomic E-state index is -3.63. The molecule has 39 heavy (non-hydrogen) atoms. The van der Waals surface area contributed by atoms with Gasteiger partial charge in [-0.05, 0) is 110 Å². The molecule has 0 aromatic rings. The summed E-state index contributed by atoms with van der Waals surface area (Å²) < 4.78 is 27.7. The number of hydrogen-bond acceptors (Lipinski definition) is 5. The van der Waals surface area contributed by atoms with Crippen molar-refractivity contribution in [2.24, 2.45) is 52.3 Å². The van der Waals surface area contributed by atoms with Crippen LogP contribution in [0.15, 0.2) is 0 Å². The summed E-state index contributed by atoms with van der Waals surface area (Å²) in [7, 11) is -3.63. The Hall–Kier alpha value is -0.860. The molecular weight excluding hydrogens is 512 g/mol. The highest BCUT2D eigenvalue weighted by Crippen LogP contribution is 2.69. The number of hydrogen-bond donors (Lipinski definition) is 4. The molecule has 5 aliphatic carbocycles. The van der Waals surface area contributed by atoms with Gasteiger partial charge in [-0.15, -0.1) is 0 Å². The first-order valence-corrected chi connectivity index (χ1v) is 17.6. The average Bonchev–Trinajstić information content (AvgIpc) is 3.26. The molecule has 5 aliphatic rings. The molecule has 0 aromatic heterocycles. The van der Waals surface area contributed by atoms with Crippen molar-refractivity contribution in [2.45, 2.75) is 129 Å². The zero-order valence-corrected chi connectivity index (χ0v) is 25.5. The van der Waals surface area contributed by atoms with E-state index in [4.69, 9.17) is 0 Å². The topological polar surface area (TPSA) is 116 Å². The Kier molecular flexibility index (Phi) is 8.42. The van der Waals surface area contributed by atoms with Crippen LogP contribution in [0.25, 0.3) is 0 Å². The smallest absolute Gasteiger partial charge is 0.328 e. The van der Waals surface area contributed by atoms with Crippen LogP contribution < -0.4 is 10.0 Å². The molecule has 0 aromatic carbocycles. The van der Waals surface area contributed by atoms with Gasteiger partial charge in [0.15, 0.2) is 0 Å². The van der Waals surface area contributed by atoms with E-state index in [1.165, 1.54) is 0 Å². The maximum absolute atomic E-state index is 12.7. The first-order chi connectivity index (χ1) is 18.4. The van der Waals surface area contributed by atoms with Crippen LogP contribution >= 0.6 is 0 Å². The minimum Gasteiger partial charge on any atom is -0.393 e. The van der Waals surface area contributed by atoms with Gasteiger partial charge in [-0.2, -0.15) is 0 Å². The van der Waals surface area contributed by atoms with Gasteiger partial charge in [-0.1, -0.05) is 53.4 Å². The van der Waals surface area contributed by atoms with Crippen molar-refractivity contribution < 1.29 is 23.4 Å². The van der Waals surface area contributed by atoms with Crippen molar-refractivity contribution in [2.75, 3.05) is 6.54 Å². The van der Waals surface area contributed by atoms with Gasteiger partial charge in [0, 0.05) is 6.54 Å². The zero-order chi connectivity index (χ0) is 28.2. The summed E-state index contributed by atoms with van der Waals surface area (Å²) in [5.74, 6) is 2.60. The van der Waals surface area contributed by atoms with Crippen LogP contribution in [0.2, 0.25) is 0 Å². The van der Waals surface area contributed by atoms with Gasteiger partial charge in [-0.25, -0.2) is 17.9 Å². The molecule has 5 fully saturated rings. The number of rotatable bonds is 6. The highest BCUT2D eigenvalue weighted by Gasteiger charge is 2.64. The van der Waals surface area contributed by atoms with E-state index in [0.29, 0.717) is 49.0 Å². The average molecular weight is 567 g/mol. The van der Waals surface area contributed by atoms with Gasteiger partial charge in [0.2, 0.25) is 10.0 Å². The third-order valence-corrected chi connectivity index (χ3v) is 14.8. The van der Waals surface area contributed by atoms with Crippen molar-refractivity contribution in [1.82, 2.24) is 10.0 Å². The predicted octanol–water partition coefficient (Wildman–Crippen LogP) is 5.21. The number of nitrogens with one attached hydrogen (secondary N) is 2. The van der Waals surface area contributed by atoms with Gasteiger partial charge in [0.05, 0.1) is 17.5 Å². The lowest BCUT2D eigenvalue weighted by atomic mass is 9.41. The summed E-state index contributed by atoms with van der Waals surface area (Å²) in [4.78, 5) is 12.6. The van der Waals surface area contributed by atoms with Gasteiger partial charge in [0.25, 0.3) is 0 Å². The molecule has 0 saturated heterocycles. The van der Waals surface area contributed by atoms with E-state index in [9.17, 15) is 23.4 Å². The summed E-state index contributed by atoms with van der Waals surface area (Å²) in [6.07, 6.45) is 11.8. The molecule has 5 saturated carbocycles. The standard InChI is InChI=1S/C31H54N2O5S/c1-5-22-26-17-20(34)13-15-31(26,4)25-14-16-30(3)23(11-12-24(30)27(25)28(22)35)19(2)18-32-29(36)33-39(37,38)21-9-7-6-8-10-21/h19-28,34-35H,5-18H2,1-4H3,(H2,32,33,36)/t19-,20-,22-,23-,24+,25+,26+,27+,28-,30-,31-/m1/s1. The third-order valence-electron chi connectivity index (χ3n) is 13.0. The predicted molar refractivity (Wildman–Crippen MR) is 153 cm³/mol. The summed E-state index contributed by atoms with van der Waals surface area (Å²) >= 11 is 0. The Bertz CT molecular complexity index is 999. The first-order valence-electron chi connectivity index (χ1n) is 16.1. The quantitative estimate of drug-likeness (QED) is 0.352. The normalized spacial score (nSPS) is 45.5. The Balaban J connectivity index is 1.25. The van der Waals surface area contributed by atoms with E-state index in [0.717, 1.165) is 70.6 Å². The fraction of sp³-hybridized carbons (Fsp3) is 0.968. The Morgan fingerprint density at radius 3 is 2.28 bits per heavy atom. The molecular formula is C31H54N2O5S. The number of urea groups is 1. The molecule has 0 radical (unpaired) electrons. The highest BCUT2D eigenvalue weighted by atomic mass is 32.2. The van der Waals surface area contributed by atoms with E-state index >= 15 is 0 Å². The number of aliphatic hydroxyl groups is 2. The van der Waals surface area contributed by atoms with Crippen LogP contribution in [-0.2, 0) is 10.0 Å². The third kappa shape index (κ3) is 5.17. The van der Waals surface area contributed by atoms with Crippen molar-refractivity contribution in [3.05, 3.63) is 0 Å². The van der Waals surface area contributed by atoms with Crippen molar-refractivity contribution in [3.8, 4) is 0 Å². The van der Waals surface area contributed by atoms with Crippen LogP contribution in [0.3, 0.4) is 0 Å². The molecule has 11 atom stereocenters. The lowest BCUT2D eigenvalue weighted by molar-refractivity contribution is -0.203. The molecule has 5 rings (SSSR count). The summed E-state index contributed by atoms with van der Waals surface area (Å²) in [6.45, 7) is 9.78. The number of amides is 2. The lowest BCUT2D eigenvalue weighted by Crippen LogP contribution is -2.62.